The molecule has 31 heavy (non-hydrogen) atoms. The van der Waals surface area contributed by atoms with Gasteiger partial charge in [-0.05, 0) is 78.5 Å². The van der Waals surface area contributed by atoms with E-state index < -0.39 is 23.3 Å². The van der Waals surface area contributed by atoms with Gasteiger partial charge in [-0.2, -0.15) is 0 Å². The molecular formula is C24H39N3O4. The molecule has 0 bridgehead atoms. The van der Waals surface area contributed by atoms with E-state index in [9.17, 15) is 14.4 Å². The molecule has 0 aliphatic heterocycles. The highest BCUT2D eigenvalue weighted by molar-refractivity contribution is 5.90. The molecule has 0 fully saturated rings. The lowest BCUT2D eigenvalue weighted by molar-refractivity contribution is -0.141. The molecule has 174 valence electrons. The Morgan fingerprint density at radius 3 is 2.13 bits per heavy atom. The number of hydrogen-bond donors (Lipinski definition) is 2. The molecule has 7 heteroatoms. The van der Waals surface area contributed by atoms with Gasteiger partial charge in [-0.25, -0.2) is 4.79 Å². The van der Waals surface area contributed by atoms with Crippen LogP contribution in [0.3, 0.4) is 0 Å². The highest BCUT2D eigenvalue weighted by Crippen LogP contribution is 2.25. The van der Waals surface area contributed by atoms with Crippen LogP contribution in [0.5, 0.6) is 0 Å². The number of ether oxygens (including phenoxy) is 1. The van der Waals surface area contributed by atoms with Gasteiger partial charge in [0.1, 0.15) is 18.2 Å². The molecule has 0 saturated heterocycles. The third-order valence-electron chi connectivity index (χ3n) is 4.47. The molecule has 0 aliphatic rings. The molecule has 0 heterocycles. The van der Waals surface area contributed by atoms with Crippen LogP contribution in [-0.2, 0) is 14.3 Å². The highest BCUT2D eigenvalue weighted by Gasteiger charge is 2.33. The number of hydrogen-bond acceptors (Lipinski definition) is 4. The van der Waals surface area contributed by atoms with Crippen molar-refractivity contribution in [3.8, 4) is 0 Å². The fourth-order valence-corrected chi connectivity index (χ4v) is 3.05. The zero-order valence-electron chi connectivity index (χ0n) is 20.5. The number of aryl methyl sites for hydroxylation is 2. The minimum Gasteiger partial charge on any atom is -0.444 e. The summed E-state index contributed by atoms with van der Waals surface area (Å²) in [5.74, 6) is -0.602. The first-order chi connectivity index (χ1) is 14.1. The number of alkyl carbamates (subject to hydrolysis) is 1. The molecule has 3 amide bonds. The predicted molar refractivity (Wildman–Crippen MR) is 123 cm³/mol. The SMILES string of the molecule is CCCN(C(=O)CNC(=O)OC(C)(C)C)C(C(=O)NC(C)(C)C)c1ccc(C)c(C)c1. The molecule has 0 spiro atoms. The van der Waals surface area contributed by atoms with E-state index >= 15 is 0 Å². The minimum atomic E-state index is -0.800. The molecule has 1 rings (SSSR count). The van der Waals surface area contributed by atoms with Gasteiger partial charge in [0, 0.05) is 12.1 Å². The van der Waals surface area contributed by atoms with Gasteiger partial charge in [0.05, 0.1) is 0 Å². The fourth-order valence-electron chi connectivity index (χ4n) is 3.05. The first kappa shape index (κ1) is 26.5. The summed E-state index contributed by atoms with van der Waals surface area (Å²) in [6.45, 7) is 17.0. The summed E-state index contributed by atoms with van der Waals surface area (Å²) in [5, 5.41) is 5.50. The van der Waals surface area contributed by atoms with Gasteiger partial charge in [-0.1, -0.05) is 25.1 Å². The molecule has 1 atom stereocenters. The Morgan fingerprint density at radius 2 is 1.65 bits per heavy atom. The second kappa shape index (κ2) is 10.6. The van der Waals surface area contributed by atoms with E-state index in [1.807, 2.05) is 59.7 Å². The van der Waals surface area contributed by atoms with Gasteiger partial charge in [0.25, 0.3) is 0 Å². The Labute approximate surface area is 186 Å². The first-order valence-electron chi connectivity index (χ1n) is 10.8. The van der Waals surface area contributed by atoms with Crippen molar-refractivity contribution in [2.45, 2.75) is 85.9 Å². The lowest BCUT2D eigenvalue weighted by Crippen LogP contribution is -2.51. The maximum atomic E-state index is 13.3. The third kappa shape index (κ3) is 8.99. The summed E-state index contributed by atoms with van der Waals surface area (Å²) in [4.78, 5) is 39.9. The normalized spacial score (nSPS) is 12.7. The van der Waals surface area contributed by atoms with Gasteiger partial charge >= 0.3 is 6.09 Å². The van der Waals surface area contributed by atoms with E-state index in [0.717, 1.165) is 16.7 Å². The predicted octanol–water partition coefficient (Wildman–Crippen LogP) is 4.02. The molecule has 0 aliphatic carbocycles. The number of carbonyl (C=O) groups excluding carboxylic acids is 3. The maximum absolute atomic E-state index is 13.3. The van der Waals surface area contributed by atoms with E-state index in [1.54, 1.807) is 20.8 Å². The highest BCUT2D eigenvalue weighted by atomic mass is 16.6. The van der Waals surface area contributed by atoms with Crippen LogP contribution in [0.25, 0.3) is 0 Å². The topological polar surface area (TPSA) is 87.7 Å². The summed E-state index contributed by atoms with van der Waals surface area (Å²) in [5.41, 5.74) is 1.78. The number of nitrogens with zero attached hydrogens (tertiary/aromatic N) is 1. The van der Waals surface area contributed by atoms with Crippen molar-refractivity contribution in [1.82, 2.24) is 15.5 Å². The molecule has 0 radical (unpaired) electrons. The second-order valence-corrected chi connectivity index (χ2v) is 9.93. The number of amides is 3. The van der Waals surface area contributed by atoms with Crippen molar-refractivity contribution in [3.63, 3.8) is 0 Å². The van der Waals surface area contributed by atoms with Gasteiger partial charge < -0.3 is 20.3 Å². The smallest absolute Gasteiger partial charge is 0.408 e. The molecule has 1 aromatic rings. The number of rotatable bonds is 7. The van der Waals surface area contributed by atoms with Crippen molar-refractivity contribution >= 4 is 17.9 Å². The molecule has 0 saturated carbocycles. The van der Waals surface area contributed by atoms with E-state index in [-0.39, 0.29) is 18.4 Å². The molecule has 7 nitrogen and oxygen atoms in total. The Hall–Kier alpha value is -2.57. The summed E-state index contributed by atoms with van der Waals surface area (Å²) < 4.78 is 5.22. The molecule has 1 unspecified atom stereocenters. The van der Waals surface area contributed by atoms with Crippen LogP contribution in [0.4, 0.5) is 4.79 Å². The zero-order chi connectivity index (χ0) is 24.0. The van der Waals surface area contributed by atoms with Crippen LogP contribution >= 0.6 is 0 Å². The van der Waals surface area contributed by atoms with Crippen LogP contribution in [0, 0.1) is 13.8 Å². The van der Waals surface area contributed by atoms with E-state index in [0.29, 0.717) is 13.0 Å². The van der Waals surface area contributed by atoms with Crippen LogP contribution in [-0.4, -0.2) is 47.0 Å². The van der Waals surface area contributed by atoms with E-state index in [2.05, 4.69) is 10.6 Å². The molecule has 2 N–H and O–H groups in total. The Morgan fingerprint density at radius 1 is 1.03 bits per heavy atom. The Balaban J connectivity index is 3.22. The van der Waals surface area contributed by atoms with Crippen molar-refractivity contribution in [3.05, 3.63) is 34.9 Å². The van der Waals surface area contributed by atoms with Gasteiger partial charge in [0.15, 0.2) is 0 Å². The summed E-state index contributed by atoms with van der Waals surface area (Å²) >= 11 is 0. The molecule has 1 aromatic carbocycles. The minimum absolute atomic E-state index is 0.251. The molecule has 0 aromatic heterocycles. The summed E-state index contributed by atoms with van der Waals surface area (Å²) in [7, 11) is 0. The van der Waals surface area contributed by atoms with Crippen LogP contribution in [0.1, 0.15) is 77.6 Å². The average Bonchev–Trinajstić information content (AvgIpc) is 2.59. The fraction of sp³-hybridized carbons (Fsp3) is 0.625. The summed E-state index contributed by atoms with van der Waals surface area (Å²) in [6, 6.07) is 4.98. The van der Waals surface area contributed by atoms with Crippen LogP contribution in [0.2, 0.25) is 0 Å². The van der Waals surface area contributed by atoms with Gasteiger partial charge in [-0.15, -0.1) is 0 Å². The maximum Gasteiger partial charge on any atom is 0.408 e. The summed E-state index contributed by atoms with van der Waals surface area (Å²) in [6.07, 6.45) is 0.00153. The molecular weight excluding hydrogens is 394 g/mol. The quantitative estimate of drug-likeness (QED) is 0.680. The standard InChI is InChI=1S/C24H39N3O4/c1-10-13-27(19(28)15-25-22(30)31-24(7,8)9)20(21(29)26-23(4,5)6)18-12-11-16(2)17(3)14-18/h11-12,14,20H,10,13,15H2,1-9H3,(H,25,30)(H,26,29). The number of nitrogens with one attached hydrogen (secondary N) is 2. The van der Waals surface area contributed by atoms with E-state index in [4.69, 9.17) is 4.74 Å². The van der Waals surface area contributed by atoms with Crippen molar-refractivity contribution in [1.29, 1.82) is 0 Å². The monoisotopic (exact) mass is 433 g/mol. The van der Waals surface area contributed by atoms with Crippen molar-refractivity contribution < 1.29 is 19.1 Å². The van der Waals surface area contributed by atoms with Crippen molar-refractivity contribution in [2.24, 2.45) is 0 Å². The number of benzene rings is 1. The van der Waals surface area contributed by atoms with Gasteiger partial charge in [0.2, 0.25) is 11.8 Å². The third-order valence-corrected chi connectivity index (χ3v) is 4.47. The average molecular weight is 434 g/mol. The lowest BCUT2D eigenvalue weighted by Gasteiger charge is -2.34. The lowest BCUT2D eigenvalue weighted by atomic mass is 9.97. The Kier molecular flexibility index (Phi) is 9.09. The van der Waals surface area contributed by atoms with Crippen LogP contribution < -0.4 is 10.6 Å². The zero-order valence-corrected chi connectivity index (χ0v) is 20.5. The van der Waals surface area contributed by atoms with E-state index in [1.165, 1.54) is 4.90 Å². The second-order valence-electron chi connectivity index (χ2n) is 9.93. The Bertz CT molecular complexity index is 791. The van der Waals surface area contributed by atoms with Gasteiger partial charge in [-0.3, -0.25) is 9.59 Å². The van der Waals surface area contributed by atoms with Crippen LogP contribution in [0.15, 0.2) is 18.2 Å². The first-order valence-corrected chi connectivity index (χ1v) is 10.8. The largest absolute Gasteiger partial charge is 0.444 e. The van der Waals surface area contributed by atoms with Crippen molar-refractivity contribution in [2.75, 3.05) is 13.1 Å². The number of carbonyl (C=O) groups is 3.